The van der Waals surface area contributed by atoms with Gasteiger partial charge in [0.25, 0.3) is 0 Å². The van der Waals surface area contributed by atoms with Crippen LogP contribution in [0.2, 0.25) is 0 Å². The van der Waals surface area contributed by atoms with E-state index in [1.807, 2.05) is 43.3 Å². The lowest BCUT2D eigenvalue weighted by Gasteiger charge is -2.19. The van der Waals surface area contributed by atoms with Crippen LogP contribution in [0.1, 0.15) is 29.5 Å². The Morgan fingerprint density at radius 2 is 1.96 bits per heavy atom. The molecular weight excluding hydrogens is 293 g/mol. The van der Waals surface area contributed by atoms with Crippen molar-refractivity contribution in [1.29, 1.82) is 0 Å². The predicted molar refractivity (Wildman–Crippen MR) is 88.8 cm³/mol. The first-order valence-electron chi connectivity index (χ1n) is 7.78. The number of aryl methyl sites for hydroxylation is 1. The molecule has 0 radical (unpaired) electrons. The molecule has 0 aliphatic rings. The molecule has 0 heterocycles. The van der Waals surface area contributed by atoms with Crippen molar-refractivity contribution < 1.29 is 14.3 Å². The van der Waals surface area contributed by atoms with E-state index >= 15 is 0 Å². The number of carboxylic acid groups (broad SMARTS) is 1. The maximum atomic E-state index is 13.8. The van der Waals surface area contributed by atoms with E-state index in [0.29, 0.717) is 18.5 Å². The van der Waals surface area contributed by atoms with Crippen LogP contribution in [0.15, 0.2) is 48.5 Å². The minimum Gasteiger partial charge on any atom is -0.481 e. The molecule has 0 fully saturated rings. The van der Waals surface area contributed by atoms with Crippen LogP contribution in [-0.2, 0) is 17.8 Å². The monoisotopic (exact) mass is 315 g/mol. The molecule has 2 aromatic rings. The molecule has 3 nitrogen and oxygen atoms in total. The van der Waals surface area contributed by atoms with Crippen molar-refractivity contribution in [3.8, 4) is 0 Å². The normalized spacial score (nSPS) is 12.1. The summed E-state index contributed by atoms with van der Waals surface area (Å²) in [5.41, 5.74) is 2.76. The standard InChI is InChI=1S/C19H22FNO2/c1-14-7-9-18(20)16(11-14)13-21-17(8-10-19(22)23)12-15-5-3-2-4-6-15/h2-7,9,11,17,21H,8,10,12-13H2,1H3,(H,22,23). The number of carbonyl (C=O) groups is 1. The summed E-state index contributed by atoms with van der Waals surface area (Å²) in [5, 5.41) is 12.2. The number of hydrogen-bond acceptors (Lipinski definition) is 2. The highest BCUT2D eigenvalue weighted by molar-refractivity contribution is 5.66. The highest BCUT2D eigenvalue weighted by Gasteiger charge is 2.12. The second-order valence-electron chi connectivity index (χ2n) is 5.79. The SMILES string of the molecule is Cc1ccc(F)c(CNC(CCC(=O)O)Cc2ccccc2)c1. The average molecular weight is 315 g/mol. The zero-order chi connectivity index (χ0) is 16.7. The van der Waals surface area contributed by atoms with E-state index < -0.39 is 5.97 Å². The van der Waals surface area contributed by atoms with Crippen LogP contribution in [0, 0.1) is 12.7 Å². The highest BCUT2D eigenvalue weighted by atomic mass is 19.1. The third-order valence-electron chi connectivity index (χ3n) is 3.81. The fourth-order valence-corrected chi connectivity index (χ4v) is 2.57. The summed E-state index contributed by atoms with van der Waals surface area (Å²) in [7, 11) is 0. The molecule has 0 saturated heterocycles. The molecule has 23 heavy (non-hydrogen) atoms. The summed E-state index contributed by atoms with van der Waals surface area (Å²) in [4.78, 5) is 10.8. The van der Waals surface area contributed by atoms with E-state index in [4.69, 9.17) is 5.11 Å². The third-order valence-corrected chi connectivity index (χ3v) is 3.81. The largest absolute Gasteiger partial charge is 0.481 e. The Hall–Kier alpha value is -2.20. The molecule has 0 aromatic heterocycles. The molecule has 2 aromatic carbocycles. The first-order valence-corrected chi connectivity index (χ1v) is 7.78. The lowest BCUT2D eigenvalue weighted by molar-refractivity contribution is -0.137. The third kappa shape index (κ3) is 5.83. The quantitative estimate of drug-likeness (QED) is 0.781. The topological polar surface area (TPSA) is 49.3 Å². The summed E-state index contributed by atoms with van der Waals surface area (Å²) in [6.45, 7) is 2.32. The van der Waals surface area contributed by atoms with Crippen LogP contribution in [0.3, 0.4) is 0 Å². The van der Waals surface area contributed by atoms with Crippen LogP contribution in [0.25, 0.3) is 0 Å². The summed E-state index contributed by atoms with van der Waals surface area (Å²) >= 11 is 0. The van der Waals surface area contributed by atoms with Crippen LogP contribution in [-0.4, -0.2) is 17.1 Å². The van der Waals surface area contributed by atoms with Crippen molar-refractivity contribution in [2.45, 2.75) is 38.8 Å². The van der Waals surface area contributed by atoms with Crippen molar-refractivity contribution in [2.75, 3.05) is 0 Å². The molecule has 0 aliphatic heterocycles. The Labute approximate surface area is 136 Å². The highest BCUT2D eigenvalue weighted by Crippen LogP contribution is 2.12. The maximum Gasteiger partial charge on any atom is 0.303 e. The van der Waals surface area contributed by atoms with Crippen LogP contribution in [0.5, 0.6) is 0 Å². The number of carboxylic acids is 1. The molecule has 0 bridgehead atoms. The number of benzene rings is 2. The lowest BCUT2D eigenvalue weighted by Crippen LogP contribution is -2.31. The number of nitrogens with one attached hydrogen (secondary N) is 1. The lowest BCUT2D eigenvalue weighted by atomic mass is 10.0. The zero-order valence-electron chi connectivity index (χ0n) is 13.3. The van der Waals surface area contributed by atoms with Gasteiger partial charge in [0.1, 0.15) is 5.82 Å². The zero-order valence-corrected chi connectivity index (χ0v) is 13.3. The molecule has 0 amide bonds. The van der Waals surface area contributed by atoms with Gasteiger partial charge in [0.05, 0.1) is 0 Å². The molecule has 2 N–H and O–H groups in total. The molecule has 0 aliphatic carbocycles. The van der Waals surface area contributed by atoms with Gasteiger partial charge in [0, 0.05) is 24.6 Å². The van der Waals surface area contributed by atoms with Gasteiger partial charge in [-0.2, -0.15) is 0 Å². The van der Waals surface area contributed by atoms with Crippen LogP contribution in [0.4, 0.5) is 4.39 Å². The fourth-order valence-electron chi connectivity index (χ4n) is 2.57. The van der Waals surface area contributed by atoms with E-state index in [-0.39, 0.29) is 18.3 Å². The van der Waals surface area contributed by atoms with Crippen molar-refractivity contribution in [1.82, 2.24) is 5.32 Å². The molecule has 2 rings (SSSR count). The van der Waals surface area contributed by atoms with Gasteiger partial charge in [-0.25, -0.2) is 4.39 Å². The van der Waals surface area contributed by atoms with Crippen molar-refractivity contribution in [2.24, 2.45) is 0 Å². The van der Waals surface area contributed by atoms with Gasteiger partial charge < -0.3 is 10.4 Å². The predicted octanol–water partition coefficient (Wildman–Crippen LogP) is 3.70. The van der Waals surface area contributed by atoms with Crippen molar-refractivity contribution in [3.63, 3.8) is 0 Å². The first kappa shape index (κ1) is 17.2. The minimum absolute atomic E-state index is 0.00610. The average Bonchev–Trinajstić information content (AvgIpc) is 2.54. The van der Waals surface area contributed by atoms with E-state index in [0.717, 1.165) is 17.5 Å². The van der Waals surface area contributed by atoms with E-state index in [2.05, 4.69) is 5.32 Å². The van der Waals surface area contributed by atoms with Crippen molar-refractivity contribution in [3.05, 3.63) is 71.0 Å². The molecule has 1 atom stereocenters. The van der Waals surface area contributed by atoms with Crippen molar-refractivity contribution >= 4 is 5.97 Å². The molecule has 0 spiro atoms. The number of hydrogen-bond donors (Lipinski definition) is 2. The number of aliphatic carboxylic acids is 1. The second kappa shape index (κ2) is 8.44. The summed E-state index contributed by atoms with van der Waals surface area (Å²) in [5.74, 6) is -1.05. The molecule has 4 heteroatoms. The van der Waals surface area contributed by atoms with Gasteiger partial charge in [0.2, 0.25) is 0 Å². The Kier molecular flexibility index (Phi) is 6.29. The van der Waals surface area contributed by atoms with E-state index in [1.54, 1.807) is 6.07 Å². The Balaban J connectivity index is 2.01. The van der Waals surface area contributed by atoms with Gasteiger partial charge in [-0.1, -0.05) is 48.0 Å². The Morgan fingerprint density at radius 1 is 1.22 bits per heavy atom. The Morgan fingerprint density at radius 3 is 2.65 bits per heavy atom. The van der Waals surface area contributed by atoms with Gasteiger partial charge in [-0.15, -0.1) is 0 Å². The first-order chi connectivity index (χ1) is 11.0. The second-order valence-corrected chi connectivity index (χ2v) is 5.79. The molecule has 122 valence electrons. The van der Waals surface area contributed by atoms with Gasteiger partial charge >= 0.3 is 5.97 Å². The summed E-state index contributed by atoms with van der Waals surface area (Å²) < 4.78 is 13.8. The molecule has 1 unspecified atom stereocenters. The smallest absolute Gasteiger partial charge is 0.303 e. The number of halogens is 1. The number of rotatable bonds is 8. The van der Waals surface area contributed by atoms with Crippen LogP contribution >= 0.6 is 0 Å². The molecular formula is C19H22FNO2. The van der Waals surface area contributed by atoms with Gasteiger partial charge in [-0.3, -0.25) is 4.79 Å². The van der Waals surface area contributed by atoms with Gasteiger partial charge in [-0.05, 0) is 31.4 Å². The fraction of sp³-hybridized carbons (Fsp3) is 0.316. The maximum absolute atomic E-state index is 13.8. The van der Waals surface area contributed by atoms with Gasteiger partial charge in [0.15, 0.2) is 0 Å². The van der Waals surface area contributed by atoms with E-state index in [9.17, 15) is 9.18 Å². The summed E-state index contributed by atoms with van der Waals surface area (Å²) in [6, 6.07) is 14.9. The summed E-state index contributed by atoms with van der Waals surface area (Å²) in [6.07, 6.45) is 1.33. The molecule has 0 saturated carbocycles. The Bertz CT molecular complexity index is 643. The minimum atomic E-state index is -0.813. The van der Waals surface area contributed by atoms with E-state index in [1.165, 1.54) is 6.07 Å². The van der Waals surface area contributed by atoms with Crippen LogP contribution < -0.4 is 5.32 Å².